The van der Waals surface area contributed by atoms with Crippen molar-refractivity contribution in [2.45, 2.75) is 36.6 Å². The Morgan fingerprint density at radius 1 is 1.59 bits per heavy atom. The summed E-state index contributed by atoms with van der Waals surface area (Å²) in [6, 6.07) is 0.625. The van der Waals surface area contributed by atoms with Crippen LogP contribution in [0, 0.1) is 0 Å². The molecule has 0 amide bonds. The highest BCUT2D eigenvalue weighted by molar-refractivity contribution is 8.01. The van der Waals surface area contributed by atoms with Crippen LogP contribution in [-0.4, -0.2) is 39.6 Å². The molecule has 1 fully saturated rings. The lowest BCUT2D eigenvalue weighted by Gasteiger charge is -2.19. The van der Waals surface area contributed by atoms with E-state index in [1.807, 2.05) is 0 Å². The number of carboxylic acids is 1. The molecule has 0 radical (unpaired) electrons. The fraction of sp³-hybridized carbons (Fsp3) is 0.700. The van der Waals surface area contributed by atoms with Crippen LogP contribution in [0.2, 0.25) is 0 Å². The van der Waals surface area contributed by atoms with E-state index in [2.05, 4.69) is 22.0 Å². The first-order valence-electron chi connectivity index (χ1n) is 5.65. The van der Waals surface area contributed by atoms with Gasteiger partial charge in [0.25, 0.3) is 0 Å². The number of carbonyl (C=O) groups is 1. The minimum atomic E-state index is -0.820. The van der Waals surface area contributed by atoms with Crippen molar-refractivity contribution >= 4 is 34.2 Å². The van der Waals surface area contributed by atoms with E-state index in [0.29, 0.717) is 6.04 Å². The molecule has 5 nitrogen and oxygen atoms in total. The maximum absolute atomic E-state index is 10.5. The second-order valence-electron chi connectivity index (χ2n) is 3.96. The largest absolute Gasteiger partial charge is 0.481 e. The predicted octanol–water partition coefficient (Wildman–Crippen LogP) is 2.09. The van der Waals surface area contributed by atoms with Crippen molar-refractivity contribution in [1.82, 2.24) is 10.2 Å². The second kappa shape index (κ2) is 5.68. The van der Waals surface area contributed by atoms with Crippen molar-refractivity contribution in [1.29, 1.82) is 0 Å². The van der Waals surface area contributed by atoms with Gasteiger partial charge in [-0.2, -0.15) is 0 Å². The van der Waals surface area contributed by atoms with E-state index in [1.54, 1.807) is 0 Å². The van der Waals surface area contributed by atoms with Crippen molar-refractivity contribution in [3.8, 4) is 0 Å². The summed E-state index contributed by atoms with van der Waals surface area (Å²) < 4.78 is 0.740. The van der Waals surface area contributed by atoms with E-state index in [1.165, 1.54) is 35.9 Å². The molecule has 1 N–H and O–H groups in total. The van der Waals surface area contributed by atoms with Gasteiger partial charge >= 0.3 is 5.97 Å². The lowest BCUT2D eigenvalue weighted by atomic mass is 10.4. The van der Waals surface area contributed by atoms with Gasteiger partial charge in [-0.15, -0.1) is 10.2 Å². The highest BCUT2D eigenvalue weighted by Crippen LogP contribution is 2.35. The standard InChI is InChI=1S/C10H15N3O2S2/c1-2-5-13(7-3-4-7)9-11-12-10(17-9)16-6-8(14)15/h7H,2-6H2,1H3,(H,14,15). The van der Waals surface area contributed by atoms with Crippen LogP contribution in [0.1, 0.15) is 26.2 Å². The number of nitrogens with zero attached hydrogens (tertiary/aromatic N) is 3. The molecule has 2 rings (SSSR count). The monoisotopic (exact) mass is 273 g/mol. The molecule has 0 aromatic carbocycles. The Kier molecular flexibility index (Phi) is 4.22. The zero-order valence-electron chi connectivity index (χ0n) is 9.63. The quantitative estimate of drug-likeness (QED) is 0.767. The molecule has 0 aliphatic heterocycles. The van der Waals surface area contributed by atoms with E-state index < -0.39 is 5.97 Å². The van der Waals surface area contributed by atoms with Gasteiger partial charge in [0.05, 0.1) is 5.75 Å². The molecule has 1 saturated carbocycles. The first-order valence-corrected chi connectivity index (χ1v) is 7.45. The first-order chi connectivity index (χ1) is 8.20. The van der Waals surface area contributed by atoms with Gasteiger partial charge in [-0.05, 0) is 19.3 Å². The van der Waals surface area contributed by atoms with Crippen LogP contribution in [0.5, 0.6) is 0 Å². The van der Waals surface area contributed by atoms with Crippen molar-refractivity contribution in [2.75, 3.05) is 17.2 Å². The van der Waals surface area contributed by atoms with E-state index in [4.69, 9.17) is 5.11 Å². The predicted molar refractivity (Wildman–Crippen MR) is 68.9 cm³/mol. The third-order valence-corrected chi connectivity index (χ3v) is 4.49. The maximum atomic E-state index is 10.5. The molecule has 1 aliphatic rings. The number of rotatable bonds is 7. The van der Waals surface area contributed by atoms with Gasteiger partial charge in [-0.3, -0.25) is 4.79 Å². The van der Waals surface area contributed by atoms with Gasteiger partial charge < -0.3 is 10.0 Å². The normalized spacial score (nSPS) is 14.9. The van der Waals surface area contributed by atoms with E-state index in [-0.39, 0.29) is 5.75 Å². The number of carboxylic acid groups (broad SMARTS) is 1. The van der Waals surface area contributed by atoms with Gasteiger partial charge in [0.15, 0.2) is 4.34 Å². The number of hydrogen-bond acceptors (Lipinski definition) is 6. The molecule has 17 heavy (non-hydrogen) atoms. The molecule has 1 aliphatic carbocycles. The Hall–Kier alpha value is -0.820. The Morgan fingerprint density at radius 2 is 2.35 bits per heavy atom. The summed E-state index contributed by atoms with van der Waals surface area (Å²) >= 11 is 2.73. The van der Waals surface area contributed by atoms with Gasteiger partial charge in [0, 0.05) is 12.6 Å². The molecule has 94 valence electrons. The fourth-order valence-corrected chi connectivity index (χ4v) is 3.22. The summed E-state index contributed by atoms with van der Waals surface area (Å²) in [7, 11) is 0. The van der Waals surface area contributed by atoms with Crippen LogP contribution in [0.3, 0.4) is 0 Å². The van der Waals surface area contributed by atoms with Crippen LogP contribution in [0.4, 0.5) is 5.13 Å². The maximum Gasteiger partial charge on any atom is 0.313 e. The number of aromatic nitrogens is 2. The Bertz CT molecular complexity index is 393. The van der Waals surface area contributed by atoms with Crippen molar-refractivity contribution < 1.29 is 9.90 Å². The summed E-state index contributed by atoms with van der Waals surface area (Å²) in [5.74, 6) is -0.773. The summed E-state index contributed by atoms with van der Waals surface area (Å²) in [4.78, 5) is 12.8. The van der Waals surface area contributed by atoms with Gasteiger partial charge in [-0.1, -0.05) is 30.0 Å². The molecule has 0 unspecified atom stereocenters. The Labute approximate surface area is 108 Å². The smallest absolute Gasteiger partial charge is 0.313 e. The lowest BCUT2D eigenvalue weighted by Crippen LogP contribution is -2.26. The topological polar surface area (TPSA) is 66.3 Å². The van der Waals surface area contributed by atoms with Crippen molar-refractivity contribution in [3.63, 3.8) is 0 Å². The highest BCUT2D eigenvalue weighted by atomic mass is 32.2. The molecular weight excluding hydrogens is 258 g/mol. The van der Waals surface area contributed by atoms with Gasteiger partial charge in [0.2, 0.25) is 5.13 Å². The van der Waals surface area contributed by atoms with Crippen LogP contribution in [-0.2, 0) is 4.79 Å². The minimum absolute atomic E-state index is 0.0475. The van der Waals surface area contributed by atoms with Gasteiger partial charge in [-0.25, -0.2) is 0 Å². The van der Waals surface area contributed by atoms with E-state index in [0.717, 1.165) is 22.4 Å². The summed E-state index contributed by atoms with van der Waals surface area (Å²) in [5.41, 5.74) is 0. The highest BCUT2D eigenvalue weighted by Gasteiger charge is 2.30. The van der Waals surface area contributed by atoms with E-state index in [9.17, 15) is 4.79 Å². The molecule has 0 spiro atoms. The Balaban J connectivity index is 1.97. The number of hydrogen-bond donors (Lipinski definition) is 1. The van der Waals surface area contributed by atoms with E-state index >= 15 is 0 Å². The van der Waals surface area contributed by atoms with Gasteiger partial charge in [0.1, 0.15) is 0 Å². The molecule has 0 saturated heterocycles. The SMILES string of the molecule is CCCN(c1nnc(SCC(=O)O)s1)C1CC1. The van der Waals surface area contributed by atoms with Crippen molar-refractivity contribution in [3.05, 3.63) is 0 Å². The summed E-state index contributed by atoms with van der Waals surface area (Å²) in [6.45, 7) is 3.15. The molecule has 7 heteroatoms. The van der Waals surface area contributed by atoms with Crippen LogP contribution >= 0.6 is 23.1 Å². The number of aliphatic carboxylic acids is 1. The molecular formula is C10H15N3O2S2. The Morgan fingerprint density at radius 3 is 2.94 bits per heavy atom. The molecule has 1 heterocycles. The van der Waals surface area contributed by atoms with Crippen LogP contribution < -0.4 is 4.90 Å². The molecule has 1 aromatic heterocycles. The molecule has 0 bridgehead atoms. The van der Waals surface area contributed by atoms with Crippen LogP contribution in [0.15, 0.2) is 4.34 Å². The minimum Gasteiger partial charge on any atom is -0.481 e. The molecule has 1 aromatic rings. The van der Waals surface area contributed by atoms with Crippen LogP contribution in [0.25, 0.3) is 0 Å². The first kappa shape index (κ1) is 12.6. The average Bonchev–Trinajstić information content (AvgIpc) is 3.02. The molecule has 0 atom stereocenters. The second-order valence-corrected chi connectivity index (χ2v) is 6.14. The average molecular weight is 273 g/mol. The van der Waals surface area contributed by atoms with Crippen molar-refractivity contribution in [2.24, 2.45) is 0 Å². The third kappa shape index (κ3) is 3.57. The zero-order valence-corrected chi connectivity index (χ0v) is 11.3. The number of thioether (sulfide) groups is 1. The number of anilines is 1. The zero-order chi connectivity index (χ0) is 12.3. The third-order valence-electron chi connectivity index (χ3n) is 2.41. The summed E-state index contributed by atoms with van der Waals surface area (Å²) in [5, 5.41) is 17.7. The summed E-state index contributed by atoms with van der Waals surface area (Å²) in [6.07, 6.45) is 3.56. The lowest BCUT2D eigenvalue weighted by molar-refractivity contribution is -0.133. The fourth-order valence-electron chi connectivity index (χ4n) is 1.56.